The molecule has 6 nitrogen and oxygen atoms in total. The molecule has 1 atom stereocenters. The number of nitrogens with zero attached hydrogens (tertiary/aromatic N) is 1. The molecule has 0 spiro atoms. The van der Waals surface area contributed by atoms with Crippen molar-refractivity contribution in [3.8, 4) is 0 Å². The molecular formula is C5H5NO5. The third kappa shape index (κ3) is 1.92. The molecular weight excluding hydrogens is 154 g/mol. The number of hydrogen-bond acceptors (Lipinski definition) is 6. The summed E-state index contributed by atoms with van der Waals surface area (Å²) in [5.41, 5.74) is 0. The van der Waals surface area contributed by atoms with Crippen LogP contribution < -0.4 is 0 Å². The van der Waals surface area contributed by atoms with Crippen LogP contribution in [0.5, 0.6) is 0 Å². The van der Waals surface area contributed by atoms with E-state index in [1.165, 1.54) is 0 Å². The van der Waals surface area contributed by atoms with Crippen LogP contribution in [-0.2, 0) is 23.8 Å². The van der Waals surface area contributed by atoms with Gasteiger partial charge in [-0.3, -0.25) is 9.59 Å². The van der Waals surface area contributed by atoms with Crippen LogP contribution in [-0.4, -0.2) is 31.9 Å². The molecule has 60 valence electrons. The van der Waals surface area contributed by atoms with Crippen molar-refractivity contribution in [1.29, 1.82) is 0 Å². The first kappa shape index (κ1) is 7.52. The van der Waals surface area contributed by atoms with E-state index in [4.69, 9.17) is 0 Å². The predicted molar refractivity (Wildman–Crippen MR) is 31.5 cm³/mol. The first-order chi connectivity index (χ1) is 5.36. The average molecular weight is 159 g/mol. The Balaban J connectivity index is 2.39. The van der Waals surface area contributed by atoms with E-state index in [0.29, 0.717) is 0 Å². The first-order valence-corrected chi connectivity index (χ1v) is 2.77. The Kier molecular flexibility index (Phi) is 2.42. The van der Waals surface area contributed by atoms with Gasteiger partial charge in [0.25, 0.3) is 6.47 Å². The van der Waals surface area contributed by atoms with Crippen molar-refractivity contribution in [1.82, 2.24) is 0 Å². The minimum absolute atomic E-state index is 0.0852. The van der Waals surface area contributed by atoms with Gasteiger partial charge in [0.15, 0.2) is 6.61 Å². The Hall–Kier alpha value is -1.59. The summed E-state index contributed by atoms with van der Waals surface area (Å²) in [5, 5.41) is 0. The van der Waals surface area contributed by atoms with Gasteiger partial charge < -0.3 is 14.2 Å². The van der Waals surface area contributed by atoms with E-state index in [-0.39, 0.29) is 25.6 Å². The number of ether oxygens (including phenoxy) is 3. The van der Waals surface area contributed by atoms with E-state index >= 15 is 0 Å². The molecule has 1 unspecified atom stereocenters. The molecule has 0 aliphatic carbocycles. The van der Waals surface area contributed by atoms with Gasteiger partial charge >= 0.3 is 12.6 Å². The zero-order valence-electron chi connectivity index (χ0n) is 5.43. The van der Waals surface area contributed by atoms with Gasteiger partial charge in [-0.05, 0) is 0 Å². The minimum atomic E-state index is -0.692. The van der Waals surface area contributed by atoms with E-state index < -0.39 is 6.23 Å². The molecule has 1 aliphatic rings. The summed E-state index contributed by atoms with van der Waals surface area (Å²) in [6.45, 7) is 0.519. The van der Waals surface area contributed by atoms with Crippen LogP contribution >= 0.6 is 0 Å². The minimum Gasteiger partial charge on any atom is -0.444 e. The SMILES string of the molecule is O=COC1=NC(OC=O)CO1. The highest BCUT2D eigenvalue weighted by atomic mass is 16.7. The van der Waals surface area contributed by atoms with Crippen molar-refractivity contribution in [3.63, 3.8) is 0 Å². The lowest BCUT2D eigenvalue weighted by atomic mass is 10.6. The van der Waals surface area contributed by atoms with Gasteiger partial charge in [-0.2, -0.15) is 4.99 Å². The largest absolute Gasteiger partial charge is 0.444 e. The number of carbonyl (C=O) groups excluding carboxylic acids is 2. The molecule has 6 heteroatoms. The van der Waals surface area contributed by atoms with E-state index in [9.17, 15) is 9.59 Å². The van der Waals surface area contributed by atoms with Crippen molar-refractivity contribution >= 4 is 19.0 Å². The van der Waals surface area contributed by atoms with E-state index in [2.05, 4.69) is 19.2 Å². The maximum atomic E-state index is 9.77. The van der Waals surface area contributed by atoms with Crippen molar-refractivity contribution < 1.29 is 23.8 Å². The number of aliphatic imine (C=N–C) groups is 1. The maximum Gasteiger partial charge on any atom is 0.395 e. The summed E-state index contributed by atoms with van der Waals surface area (Å²) < 4.78 is 13.3. The van der Waals surface area contributed by atoms with Crippen LogP contribution in [0.25, 0.3) is 0 Å². The molecule has 0 saturated heterocycles. The Morgan fingerprint density at radius 3 is 3.00 bits per heavy atom. The normalized spacial score (nSPS) is 21.5. The van der Waals surface area contributed by atoms with Gasteiger partial charge in [0.2, 0.25) is 6.23 Å². The summed E-state index contributed by atoms with van der Waals surface area (Å²) in [6, 6.07) is 0. The Bertz CT molecular complexity index is 189. The molecule has 0 aromatic heterocycles. The lowest BCUT2D eigenvalue weighted by Crippen LogP contribution is -2.09. The van der Waals surface area contributed by atoms with Crippen molar-refractivity contribution in [2.45, 2.75) is 6.23 Å². The van der Waals surface area contributed by atoms with Crippen LogP contribution in [0.4, 0.5) is 0 Å². The topological polar surface area (TPSA) is 74.2 Å². The second-order valence-corrected chi connectivity index (χ2v) is 1.61. The fourth-order valence-corrected chi connectivity index (χ4v) is 0.574. The summed E-state index contributed by atoms with van der Waals surface area (Å²) in [5.74, 6) is 0. The van der Waals surface area contributed by atoms with Crippen LogP contribution in [0.2, 0.25) is 0 Å². The van der Waals surface area contributed by atoms with Gasteiger partial charge in [0.05, 0.1) is 0 Å². The van der Waals surface area contributed by atoms with Crippen LogP contribution in [0.15, 0.2) is 4.99 Å². The molecule has 0 aromatic rings. The number of carbonyl (C=O) groups is 2. The molecule has 0 saturated carbocycles. The zero-order chi connectivity index (χ0) is 8.10. The third-order valence-corrected chi connectivity index (χ3v) is 0.960. The second-order valence-electron chi connectivity index (χ2n) is 1.61. The molecule has 0 amide bonds. The Labute approximate surface area is 61.8 Å². The highest BCUT2D eigenvalue weighted by Crippen LogP contribution is 2.04. The van der Waals surface area contributed by atoms with Crippen LogP contribution in [0.1, 0.15) is 0 Å². The molecule has 0 N–H and O–H groups in total. The van der Waals surface area contributed by atoms with Crippen molar-refractivity contribution in [3.05, 3.63) is 0 Å². The van der Waals surface area contributed by atoms with Gasteiger partial charge in [-0.25, -0.2) is 0 Å². The van der Waals surface area contributed by atoms with Gasteiger partial charge in [-0.15, -0.1) is 0 Å². The van der Waals surface area contributed by atoms with E-state index in [1.54, 1.807) is 0 Å². The average Bonchev–Trinajstić information content (AvgIpc) is 2.38. The molecule has 11 heavy (non-hydrogen) atoms. The smallest absolute Gasteiger partial charge is 0.395 e. The Morgan fingerprint density at radius 2 is 2.36 bits per heavy atom. The summed E-state index contributed by atoms with van der Waals surface area (Å²) in [6.07, 6.45) is -0.866. The van der Waals surface area contributed by atoms with Crippen LogP contribution in [0, 0.1) is 0 Å². The molecule has 0 fully saturated rings. The molecule has 0 radical (unpaired) electrons. The number of hydrogen-bond donors (Lipinski definition) is 0. The fourth-order valence-electron chi connectivity index (χ4n) is 0.574. The quantitative estimate of drug-likeness (QED) is 0.496. The summed E-state index contributed by atoms with van der Waals surface area (Å²) in [7, 11) is 0. The number of rotatable bonds is 3. The van der Waals surface area contributed by atoms with E-state index in [1.807, 2.05) is 0 Å². The lowest BCUT2D eigenvalue weighted by Gasteiger charge is -1.98. The standard InChI is InChI=1S/C5H5NO5/c7-2-10-4-1-9-5(6-4)11-3-8/h2-4H,1H2. The zero-order valence-corrected chi connectivity index (χ0v) is 5.43. The maximum absolute atomic E-state index is 9.77. The fraction of sp³-hybridized carbons (Fsp3) is 0.400. The third-order valence-electron chi connectivity index (χ3n) is 0.960. The predicted octanol–water partition coefficient (Wildman–Crippen LogP) is -0.955. The van der Waals surface area contributed by atoms with E-state index in [0.717, 1.165) is 0 Å². The molecule has 0 aromatic carbocycles. The highest BCUT2D eigenvalue weighted by Gasteiger charge is 2.20. The van der Waals surface area contributed by atoms with Gasteiger partial charge in [0, 0.05) is 0 Å². The van der Waals surface area contributed by atoms with Crippen molar-refractivity contribution in [2.75, 3.05) is 6.61 Å². The molecule has 1 rings (SSSR count). The van der Waals surface area contributed by atoms with Gasteiger partial charge in [0.1, 0.15) is 0 Å². The molecule has 0 bridgehead atoms. The Morgan fingerprint density at radius 1 is 1.55 bits per heavy atom. The lowest BCUT2D eigenvalue weighted by molar-refractivity contribution is -0.133. The highest BCUT2D eigenvalue weighted by molar-refractivity contribution is 5.75. The molecule has 1 aliphatic heterocycles. The summed E-state index contributed by atoms with van der Waals surface area (Å²) >= 11 is 0. The second kappa shape index (κ2) is 3.55. The van der Waals surface area contributed by atoms with Crippen LogP contribution in [0.3, 0.4) is 0 Å². The van der Waals surface area contributed by atoms with Crippen molar-refractivity contribution in [2.24, 2.45) is 4.99 Å². The monoisotopic (exact) mass is 159 g/mol. The summed E-state index contributed by atoms with van der Waals surface area (Å²) in [4.78, 5) is 23.1. The first-order valence-electron chi connectivity index (χ1n) is 2.77. The van der Waals surface area contributed by atoms with Gasteiger partial charge in [-0.1, -0.05) is 0 Å². The molecule has 1 heterocycles.